The Hall–Kier alpha value is -0.740. The van der Waals surface area contributed by atoms with E-state index in [1.165, 1.54) is 0 Å². The molecule has 28 heavy (non-hydrogen) atoms. The molecule has 0 aromatic carbocycles. The third-order valence-corrected chi connectivity index (χ3v) is 7.38. The van der Waals surface area contributed by atoms with Crippen LogP contribution in [-0.2, 0) is 9.59 Å². The highest BCUT2D eigenvalue weighted by molar-refractivity contribution is 5.86. The van der Waals surface area contributed by atoms with Gasteiger partial charge in [-0.15, -0.1) is 0 Å². The van der Waals surface area contributed by atoms with Crippen LogP contribution in [0.1, 0.15) is 87.5 Å². The number of rotatable bonds is 8. The second-order valence-corrected chi connectivity index (χ2v) is 11.4. The van der Waals surface area contributed by atoms with E-state index in [-0.39, 0.29) is 28.3 Å². The molecular formula is C24H44N2O2. The van der Waals surface area contributed by atoms with E-state index in [0.717, 1.165) is 51.9 Å². The highest BCUT2D eigenvalue weighted by atomic mass is 16.1. The third-order valence-electron chi connectivity index (χ3n) is 7.38. The first kappa shape index (κ1) is 23.5. The fraction of sp³-hybridized carbons (Fsp3) is 0.917. The summed E-state index contributed by atoms with van der Waals surface area (Å²) in [4.78, 5) is 30.3. The Morgan fingerprint density at radius 2 is 1.36 bits per heavy atom. The van der Waals surface area contributed by atoms with E-state index < -0.39 is 0 Å². The Labute approximate surface area is 173 Å². The van der Waals surface area contributed by atoms with Crippen molar-refractivity contribution in [2.75, 3.05) is 26.2 Å². The van der Waals surface area contributed by atoms with Crippen molar-refractivity contribution in [2.45, 2.75) is 98.6 Å². The fourth-order valence-electron chi connectivity index (χ4n) is 4.90. The molecule has 4 heteroatoms. The quantitative estimate of drug-likeness (QED) is 0.607. The van der Waals surface area contributed by atoms with Gasteiger partial charge in [-0.1, -0.05) is 20.8 Å². The lowest BCUT2D eigenvalue weighted by molar-refractivity contribution is -0.131. The smallest absolute Gasteiger partial charge is 0.142 e. The van der Waals surface area contributed by atoms with Crippen LogP contribution < -0.4 is 0 Å². The molecular weight excluding hydrogens is 348 g/mol. The molecule has 0 amide bonds. The first-order chi connectivity index (χ1) is 12.8. The first-order valence-electron chi connectivity index (χ1n) is 11.3. The van der Waals surface area contributed by atoms with Crippen LogP contribution in [0.3, 0.4) is 0 Å². The van der Waals surface area contributed by atoms with Crippen LogP contribution >= 0.6 is 0 Å². The molecule has 2 aliphatic rings. The van der Waals surface area contributed by atoms with Crippen molar-refractivity contribution in [3.63, 3.8) is 0 Å². The van der Waals surface area contributed by atoms with Gasteiger partial charge in [-0.3, -0.25) is 19.4 Å². The first-order valence-corrected chi connectivity index (χ1v) is 11.3. The number of carbonyl (C=O) groups excluding carboxylic acids is 2. The number of nitrogens with zero attached hydrogens (tertiary/aromatic N) is 2. The molecule has 0 spiro atoms. The Morgan fingerprint density at radius 1 is 0.821 bits per heavy atom. The molecule has 2 saturated heterocycles. The van der Waals surface area contributed by atoms with E-state index in [2.05, 4.69) is 58.3 Å². The standard InChI is InChI=1S/C24H44N2O2/c1-9-20(27)18-10-15-26(16-18)24(7,8)13-12-23(5,6)21(28)19-11-14-25(17-19)22(2,3)4/h18-19H,9-17H2,1-8H3/t18-,19+/m0/s1. The summed E-state index contributed by atoms with van der Waals surface area (Å²) in [5.74, 6) is 1.23. The van der Waals surface area contributed by atoms with Crippen molar-refractivity contribution in [3.8, 4) is 0 Å². The van der Waals surface area contributed by atoms with E-state index in [1.54, 1.807) is 0 Å². The molecule has 4 nitrogen and oxygen atoms in total. The maximum Gasteiger partial charge on any atom is 0.142 e. The van der Waals surface area contributed by atoms with Crippen LogP contribution in [0.2, 0.25) is 0 Å². The summed E-state index contributed by atoms with van der Waals surface area (Å²) in [5, 5.41) is 0. The minimum absolute atomic E-state index is 0.0352. The number of hydrogen-bond donors (Lipinski definition) is 0. The largest absolute Gasteiger partial charge is 0.299 e. The van der Waals surface area contributed by atoms with Crippen LogP contribution in [0.15, 0.2) is 0 Å². The van der Waals surface area contributed by atoms with Gasteiger partial charge in [0.1, 0.15) is 11.6 Å². The summed E-state index contributed by atoms with van der Waals surface area (Å²) >= 11 is 0. The molecule has 0 aromatic heterocycles. The van der Waals surface area contributed by atoms with Crippen LogP contribution in [0, 0.1) is 17.3 Å². The Balaban J connectivity index is 1.91. The molecule has 0 bridgehead atoms. The molecule has 0 aliphatic carbocycles. The molecule has 0 radical (unpaired) electrons. The van der Waals surface area contributed by atoms with Crippen LogP contribution in [0.25, 0.3) is 0 Å². The summed E-state index contributed by atoms with van der Waals surface area (Å²) in [7, 11) is 0. The van der Waals surface area contributed by atoms with Crippen molar-refractivity contribution in [1.29, 1.82) is 0 Å². The lowest BCUT2D eigenvalue weighted by Gasteiger charge is -2.38. The molecule has 2 atom stereocenters. The van der Waals surface area contributed by atoms with Crippen molar-refractivity contribution < 1.29 is 9.59 Å². The molecule has 2 heterocycles. The van der Waals surface area contributed by atoms with Crippen LogP contribution in [0.4, 0.5) is 0 Å². The van der Waals surface area contributed by atoms with Crippen LogP contribution in [0.5, 0.6) is 0 Å². The summed E-state index contributed by atoms with van der Waals surface area (Å²) in [6.45, 7) is 21.3. The molecule has 2 aliphatic heterocycles. The topological polar surface area (TPSA) is 40.6 Å². The minimum Gasteiger partial charge on any atom is -0.299 e. The molecule has 162 valence electrons. The Kier molecular flexibility index (Phi) is 7.19. The number of likely N-dealkylation sites (tertiary alicyclic amines) is 2. The number of Topliss-reactive ketones (excluding diaryl/α,β-unsaturated/α-hetero) is 2. The van der Waals surface area contributed by atoms with Crippen molar-refractivity contribution in [3.05, 3.63) is 0 Å². The van der Waals surface area contributed by atoms with Gasteiger partial charge in [0.05, 0.1) is 0 Å². The highest BCUT2D eigenvalue weighted by Gasteiger charge is 2.42. The Bertz CT molecular complexity index is 574. The van der Waals surface area contributed by atoms with E-state index in [1.807, 2.05) is 6.92 Å². The predicted molar refractivity (Wildman–Crippen MR) is 117 cm³/mol. The van der Waals surface area contributed by atoms with Gasteiger partial charge in [-0.05, 0) is 73.4 Å². The second-order valence-electron chi connectivity index (χ2n) is 11.4. The van der Waals surface area contributed by atoms with Crippen LogP contribution in [-0.4, -0.2) is 58.6 Å². The molecule has 0 unspecified atom stereocenters. The van der Waals surface area contributed by atoms with Gasteiger partial charge in [0.25, 0.3) is 0 Å². The zero-order valence-electron chi connectivity index (χ0n) is 19.7. The van der Waals surface area contributed by atoms with E-state index in [4.69, 9.17) is 0 Å². The van der Waals surface area contributed by atoms with Gasteiger partial charge in [0.15, 0.2) is 0 Å². The van der Waals surface area contributed by atoms with E-state index in [9.17, 15) is 9.59 Å². The SMILES string of the molecule is CCC(=O)[C@H]1CCN(C(C)(C)CCC(C)(C)C(=O)[C@@H]2CCN(C(C)(C)C)C2)C1. The minimum atomic E-state index is -0.284. The monoisotopic (exact) mass is 392 g/mol. The molecule has 0 N–H and O–H groups in total. The van der Waals surface area contributed by atoms with Crippen molar-refractivity contribution in [1.82, 2.24) is 9.80 Å². The lowest BCUT2D eigenvalue weighted by Crippen LogP contribution is -2.44. The Morgan fingerprint density at radius 3 is 1.89 bits per heavy atom. The van der Waals surface area contributed by atoms with Gasteiger partial charge in [-0.25, -0.2) is 0 Å². The van der Waals surface area contributed by atoms with Crippen molar-refractivity contribution >= 4 is 11.6 Å². The number of ketones is 2. The predicted octanol–water partition coefficient (Wildman–Crippen LogP) is 4.56. The van der Waals surface area contributed by atoms with Gasteiger partial charge in [0, 0.05) is 47.8 Å². The third kappa shape index (κ3) is 5.44. The average Bonchev–Trinajstić information content (AvgIpc) is 3.28. The van der Waals surface area contributed by atoms with Crippen molar-refractivity contribution in [2.24, 2.45) is 17.3 Å². The summed E-state index contributed by atoms with van der Waals surface area (Å²) < 4.78 is 0. The highest BCUT2D eigenvalue weighted by Crippen LogP contribution is 2.37. The molecule has 0 saturated carbocycles. The molecule has 2 fully saturated rings. The zero-order chi connectivity index (χ0) is 21.3. The normalized spacial score (nSPS) is 25.4. The second kappa shape index (κ2) is 8.55. The molecule has 2 rings (SSSR count). The average molecular weight is 393 g/mol. The van der Waals surface area contributed by atoms with Gasteiger partial charge in [-0.2, -0.15) is 0 Å². The number of hydrogen-bond acceptors (Lipinski definition) is 4. The molecule has 0 aromatic rings. The maximum absolute atomic E-state index is 13.3. The summed E-state index contributed by atoms with van der Waals surface area (Å²) in [6, 6.07) is 0. The summed E-state index contributed by atoms with van der Waals surface area (Å²) in [5.41, 5.74) is -0.106. The van der Waals surface area contributed by atoms with Gasteiger partial charge in [0.2, 0.25) is 0 Å². The zero-order valence-corrected chi connectivity index (χ0v) is 19.7. The maximum atomic E-state index is 13.3. The summed E-state index contributed by atoms with van der Waals surface area (Å²) in [6.07, 6.45) is 4.54. The van der Waals surface area contributed by atoms with E-state index >= 15 is 0 Å². The van der Waals surface area contributed by atoms with Gasteiger partial charge >= 0.3 is 0 Å². The van der Waals surface area contributed by atoms with E-state index in [0.29, 0.717) is 18.0 Å². The fourth-order valence-corrected chi connectivity index (χ4v) is 4.90. The number of carbonyl (C=O) groups is 2. The lowest BCUT2D eigenvalue weighted by atomic mass is 9.75. The van der Waals surface area contributed by atoms with Gasteiger partial charge < -0.3 is 0 Å².